The minimum atomic E-state index is -0.924. The summed E-state index contributed by atoms with van der Waals surface area (Å²) in [6.45, 7) is 12.8. The largest absolute Gasteiger partial charge is 0.343 e. The highest BCUT2D eigenvalue weighted by Gasteiger charge is 2.39. The van der Waals surface area contributed by atoms with Crippen molar-refractivity contribution in [1.82, 2.24) is 15.4 Å². The standard InChI is InChI=1S/C28H38N4O4S/c1-19(2)16-22(17-24(33)32(36)20(3)4)26(34)31-25(27(35)30-23-14-10-11-15-29-23)28(5,6)37-18-21-12-8-7-9-13-21/h7-15,19,22,25,36H,3,16-18H2,1-2,4-6H3,(H,31,34)(H,29,30,35)/t22-,25?/m1/s1. The Labute approximate surface area is 223 Å². The van der Waals surface area contributed by atoms with E-state index >= 15 is 0 Å². The lowest BCUT2D eigenvalue weighted by molar-refractivity contribution is -0.159. The predicted molar refractivity (Wildman–Crippen MR) is 148 cm³/mol. The second kappa shape index (κ2) is 13.9. The maximum Gasteiger partial charge on any atom is 0.251 e. The number of hydrogen-bond acceptors (Lipinski definition) is 6. The normalized spacial score (nSPS) is 12.9. The molecule has 2 rings (SSSR count). The first kappa shape index (κ1) is 30.1. The van der Waals surface area contributed by atoms with Gasteiger partial charge in [-0.1, -0.05) is 56.8 Å². The quantitative estimate of drug-likeness (QED) is 0.250. The van der Waals surface area contributed by atoms with Gasteiger partial charge in [0.2, 0.25) is 11.8 Å². The van der Waals surface area contributed by atoms with E-state index in [-0.39, 0.29) is 18.0 Å². The molecule has 0 aliphatic heterocycles. The van der Waals surface area contributed by atoms with Crippen LogP contribution in [-0.4, -0.2) is 43.8 Å². The van der Waals surface area contributed by atoms with Crippen molar-refractivity contribution in [3.8, 4) is 0 Å². The molecule has 1 aromatic heterocycles. The van der Waals surface area contributed by atoms with Gasteiger partial charge in [-0.15, -0.1) is 11.8 Å². The Balaban J connectivity index is 2.28. The topological polar surface area (TPSA) is 112 Å². The van der Waals surface area contributed by atoms with Crippen LogP contribution in [0.5, 0.6) is 0 Å². The summed E-state index contributed by atoms with van der Waals surface area (Å²) in [5.41, 5.74) is 1.27. The fourth-order valence-corrected chi connectivity index (χ4v) is 4.80. The molecule has 0 aliphatic rings. The van der Waals surface area contributed by atoms with Crippen LogP contribution in [0.25, 0.3) is 0 Å². The number of hydroxylamine groups is 2. The van der Waals surface area contributed by atoms with Gasteiger partial charge in [-0.3, -0.25) is 19.6 Å². The van der Waals surface area contributed by atoms with Gasteiger partial charge in [0.25, 0.3) is 5.91 Å². The number of rotatable bonds is 13. The number of allylic oxidation sites excluding steroid dienone is 1. The van der Waals surface area contributed by atoms with E-state index in [0.29, 0.717) is 23.1 Å². The molecule has 2 atom stereocenters. The molecule has 0 fully saturated rings. The Bertz CT molecular complexity index is 1060. The molecule has 0 saturated carbocycles. The van der Waals surface area contributed by atoms with E-state index in [1.165, 1.54) is 6.92 Å². The van der Waals surface area contributed by atoms with Crippen molar-refractivity contribution >= 4 is 35.3 Å². The summed E-state index contributed by atoms with van der Waals surface area (Å²) >= 11 is 1.55. The Morgan fingerprint density at radius 3 is 2.30 bits per heavy atom. The third kappa shape index (κ3) is 9.66. The minimum absolute atomic E-state index is 0.113. The molecule has 1 aromatic carbocycles. The lowest BCUT2D eigenvalue weighted by Crippen LogP contribution is -2.56. The molecular formula is C28H38N4O4S. The van der Waals surface area contributed by atoms with Gasteiger partial charge in [-0.25, -0.2) is 4.98 Å². The lowest BCUT2D eigenvalue weighted by atomic mass is 9.91. The van der Waals surface area contributed by atoms with Crippen LogP contribution in [0.3, 0.4) is 0 Å². The Kier molecular flexibility index (Phi) is 11.3. The molecule has 200 valence electrons. The first-order valence-electron chi connectivity index (χ1n) is 12.3. The molecule has 0 aliphatic carbocycles. The van der Waals surface area contributed by atoms with Crippen molar-refractivity contribution in [2.75, 3.05) is 5.32 Å². The molecule has 0 spiro atoms. The van der Waals surface area contributed by atoms with Crippen LogP contribution in [0.4, 0.5) is 5.82 Å². The summed E-state index contributed by atoms with van der Waals surface area (Å²) in [5.74, 6) is -1.06. The maximum absolute atomic E-state index is 13.5. The number of anilines is 1. The molecule has 0 radical (unpaired) electrons. The summed E-state index contributed by atoms with van der Waals surface area (Å²) in [6.07, 6.45) is 1.78. The molecule has 0 saturated heterocycles. The average Bonchev–Trinajstić information content (AvgIpc) is 2.85. The van der Waals surface area contributed by atoms with E-state index in [4.69, 9.17) is 0 Å². The van der Waals surface area contributed by atoms with E-state index in [1.807, 2.05) is 58.0 Å². The summed E-state index contributed by atoms with van der Waals surface area (Å²) in [4.78, 5) is 43.7. The zero-order chi connectivity index (χ0) is 27.6. The molecule has 37 heavy (non-hydrogen) atoms. The van der Waals surface area contributed by atoms with Gasteiger partial charge in [0, 0.05) is 34.7 Å². The van der Waals surface area contributed by atoms with Gasteiger partial charge >= 0.3 is 0 Å². The van der Waals surface area contributed by atoms with Crippen molar-refractivity contribution < 1.29 is 19.6 Å². The van der Waals surface area contributed by atoms with Gasteiger partial charge in [-0.2, -0.15) is 5.06 Å². The number of carbonyl (C=O) groups is 3. The van der Waals surface area contributed by atoms with Crippen LogP contribution in [0, 0.1) is 11.8 Å². The molecule has 3 amide bonds. The lowest BCUT2D eigenvalue weighted by Gasteiger charge is -2.34. The number of thioether (sulfide) groups is 1. The average molecular weight is 527 g/mol. The number of nitrogens with zero attached hydrogens (tertiary/aromatic N) is 2. The van der Waals surface area contributed by atoms with Crippen LogP contribution in [-0.2, 0) is 20.1 Å². The van der Waals surface area contributed by atoms with Crippen LogP contribution in [0.2, 0.25) is 0 Å². The van der Waals surface area contributed by atoms with Crippen molar-refractivity contribution in [1.29, 1.82) is 0 Å². The highest BCUT2D eigenvalue weighted by atomic mass is 32.2. The Morgan fingerprint density at radius 1 is 1.08 bits per heavy atom. The van der Waals surface area contributed by atoms with Crippen molar-refractivity contribution in [2.24, 2.45) is 11.8 Å². The number of nitrogens with one attached hydrogen (secondary N) is 2. The third-order valence-corrected chi connectivity index (χ3v) is 7.22. The summed E-state index contributed by atoms with van der Waals surface area (Å²) < 4.78 is -0.711. The van der Waals surface area contributed by atoms with E-state index in [2.05, 4.69) is 22.2 Å². The van der Waals surface area contributed by atoms with E-state index in [9.17, 15) is 19.6 Å². The molecule has 1 unspecified atom stereocenters. The van der Waals surface area contributed by atoms with Gasteiger partial charge in [0.05, 0.1) is 0 Å². The second-order valence-electron chi connectivity index (χ2n) is 9.99. The number of amides is 3. The second-order valence-corrected chi connectivity index (χ2v) is 11.6. The number of aromatic nitrogens is 1. The van der Waals surface area contributed by atoms with Crippen LogP contribution < -0.4 is 10.6 Å². The first-order valence-corrected chi connectivity index (χ1v) is 13.3. The van der Waals surface area contributed by atoms with E-state index in [1.54, 1.807) is 36.2 Å². The van der Waals surface area contributed by atoms with E-state index in [0.717, 1.165) is 5.56 Å². The smallest absolute Gasteiger partial charge is 0.251 e. The Hall–Kier alpha value is -3.17. The molecule has 0 bridgehead atoms. The highest BCUT2D eigenvalue weighted by molar-refractivity contribution is 7.99. The summed E-state index contributed by atoms with van der Waals surface area (Å²) in [5, 5.41) is 16.2. The van der Waals surface area contributed by atoms with E-state index < -0.39 is 34.4 Å². The van der Waals surface area contributed by atoms with Crippen LogP contribution in [0.15, 0.2) is 67.0 Å². The number of carbonyl (C=O) groups excluding carboxylic acids is 3. The van der Waals surface area contributed by atoms with Crippen molar-refractivity contribution in [3.63, 3.8) is 0 Å². The summed E-state index contributed by atoms with van der Waals surface area (Å²) in [7, 11) is 0. The zero-order valence-electron chi connectivity index (χ0n) is 22.2. The molecule has 3 N–H and O–H groups in total. The molecule has 8 nitrogen and oxygen atoms in total. The maximum atomic E-state index is 13.5. The van der Waals surface area contributed by atoms with Crippen LogP contribution in [0.1, 0.15) is 53.0 Å². The highest BCUT2D eigenvalue weighted by Crippen LogP contribution is 2.32. The molecule has 2 aromatic rings. The fraction of sp³-hybridized carbons (Fsp3) is 0.429. The predicted octanol–water partition coefficient (Wildman–Crippen LogP) is 5.02. The number of hydrogen-bond donors (Lipinski definition) is 3. The van der Waals surface area contributed by atoms with Crippen molar-refractivity contribution in [2.45, 2.75) is 64.0 Å². The van der Waals surface area contributed by atoms with Crippen LogP contribution >= 0.6 is 11.8 Å². The minimum Gasteiger partial charge on any atom is -0.343 e. The number of pyridine rings is 1. The van der Waals surface area contributed by atoms with Gasteiger partial charge in [0.1, 0.15) is 11.9 Å². The molecule has 9 heteroatoms. The first-order chi connectivity index (χ1) is 17.4. The monoisotopic (exact) mass is 526 g/mol. The molecule has 1 heterocycles. The Morgan fingerprint density at radius 2 is 1.73 bits per heavy atom. The fourth-order valence-electron chi connectivity index (χ4n) is 3.74. The van der Waals surface area contributed by atoms with Gasteiger partial charge in [0.15, 0.2) is 0 Å². The summed E-state index contributed by atoms with van der Waals surface area (Å²) in [6, 6.07) is 14.1. The SMILES string of the molecule is C=C(C)N(O)C(=O)C[C@@H](CC(C)C)C(=O)NC(C(=O)Nc1ccccn1)C(C)(C)SCc1ccccc1. The third-order valence-electron chi connectivity index (χ3n) is 5.76. The van der Waals surface area contributed by atoms with Gasteiger partial charge in [-0.05, 0) is 50.8 Å². The zero-order valence-corrected chi connectivity index (χ0v) is 23.0. The number of benzene rings is 1. The van der Waals surface area contributed by atoms with Gasteiger partial charge < -0.3 is 10.6 Å². The van der Waals surface area contributed by atoms with Crippen molar-refractivity contribution in [3.05, 3.63) is 72.6 Å². The molecular weight excluding hydrogens is 488 g/mol.